The zero-order valence-corrected chi connectivity index (χ0v) is 12.1. The van der Waals surface area contributed by atoms with Crippen molar-refractivity contribution in [1.29, 1.82) is 0 Å². The molecule has 1 heterocycles. The Labute approximate surface area is 118 Å². The summed E-state index contributed by atoms with van der Waals surface area (Å²) < 4.78 is 31.8. The van der Waals surface area contributed by atoms with Crippen molar-refractivity contribution in [1.82, 2.24) is 4.31 Å². The first-order valence-corrected chi connectivity index (χ1v) is 7.71. The average molecular weight is 298 g/mol. The van der Waals surface area contributed by atoms with E-state index < -0.39 is 16.0 Å². The number of rotatable bonds is 3. The van der Waals surface area contributed by atoms with Crippen molar-refractivity contribution in [2.24, 2.45) is 0 Å². The molecule has 20 heavy (non-hydrogen) atoms. The molecule has 0 aromatic heterocycles. The van der Waals surface area contributed by atoms with Crippen molar-refractivity contribution in [2.45, 2.75) is 31.0 Å². The number of carboxylic acids is 1. The number of hydrogen-bond acceptors (Lipinski definition) is 5. The molecule has 1 aliphatic heterocycles. The van der Waals surface area contributed by atoms with Gasteiger partial charge in [0.25, 0.3) is 0 Å². The van der Waals surface area contributed by atoms with E-state index in [0.29, 0.717) is 0 Å². The molecule has 110 valence electrons. The summed E-state index contributed by atoms with van der Waals surface area (Å²) in [6, 6.07) is 5.20. The minimum absolute atomic E-state index is 0.0412. The van der Waals surface area contributed by atoms with E-state index >= 15 is 0 Å². The average Bonchev–Trinajstić information content (AvgIpc) is 2.37. The standard InChI is InChI=1S/C13H17NO5S/c1-9-7-14(8-10(2)19-9)20(17,18)12-5-3-4-11(6-12)13(15)16/h3-6,9-10H,7-8H2,1-2H3,(H,15,16)/p-1/t9-,10+. The molecular formula is C13H16NO5S-. The zero-order valence-electron chi connectivity index (χ0n) is 11.3. The predicted molar refractivity (Wildman–Crippen MR) is 69.5 cm³/mol. The first kappa shape index (κ1) is 15.0. The summed E-state index contributed by atoms with van der Waals surface area (Å²) in [5, 5.41) is 10.8. The van der Waals surface area contributed by atoms with Gasteiger partial charge in [0.05, 0.1) is 23.1 Å². The predicted octanol–water partition coefficient (Wildman–Crippen LogP) is -0.152. The molecular weight excluding hydrogens is 282 g/mol. The summed E-state index contributed by atoms with van der Waals surface area (Å²) in [5.41, 5.74) is -0.152. The minimum atomic E-state index is -3.72. The van der Waals surface area contributed by atoms with Gasteiger partial charge in [0.1, 0.15) is 0 Å². The van der Waals surface area contributed by atoms with Gasteiger partial charge in [-0.25, -0.2) is 8.42 Å². The molecule has 1 aromatic rings. The Kier molecular flexibility index (Phi) is 4.12. The summed E-state index contributed by atoms with van der Waals surface area (Å²) in [6.07, 6.45) is -0.393. The lowest BCUT2D eigenvalue weighted by molar-refractivity contribution is -0.255. The number of aromatic carboxylic acids is 1. The Morgan fingerprint density at radius 3 is 2.45 bits per heavy atom. The topological polar surface area (TPSA) is 86.7 Å². The number of ether oxygens (including phenoxy) is 1. The molecule has 1 aromatic carbocycles. The third kappa shape index (κ3) is 3.00. The molecule has 0 saturated carbocycles. The van der Waals surface area contributed by atoms with Gasteiger partial charge in [0.15, 0.2) is 0 Å². The Hall–Kier alpha value is -1.44. The smallest absolute Gasteiger partial charge is 0.243 e. The van der Waals surface area contributed by atoms with Crippen molar-refractivity contribution in [3.05, 3.63) is 29.8 Å². The second-order valence-corrected chi connectivity index (χ2v) is 6.83. The maximum absolute atomic E-state index is 12.5. The van der Waals surface area contributed by atoms with Crippen LogP contribution in [0.1, 0.15) is 24.2 Å². The van der Waals surface area contributed by atoms with E-state index in [2.05, 4.69) is 0 Å². The van der Waals surface area contributed by atoms with Crippen LogP contribution in [0.4, 0.5) is 0 Å². The third-order valence-corrected chi connectivity index (χ3v) is 4.92. The van der Waals surface area contributed by atoms with Gasteiger partial charge in [-0.3, -0.25) is 0 Å². The highest BCUT2D eigenvalue weighted by Crippen LogP contribution is 2.21. The summed E-state index contributed by atoms with van der Waals surface area (Å²) in [6.45, 7) is 4.11. The van der Waals surface area contributed by atoms with Gasteiger partial charge in [0.2, 0.25) is 10.0 Å². The van der Waals surface area contributed by atoms with Crippen molar-refractivity contribution in [3.63, 3.8) is 0 Å². The van der Waals surface area contributed by atoms with Crippen molar-refractivity contribution >= 4 is 16.0 Å². The Morgan fingerprint density at radius 2 is 1.90 bits per heavy atom. The van der Waals surface area contributed by atoms with E-state index in [9.17, 15) is 18.3 Å². The number of morpholine rings is 1. The van der Waals surface area contributed by atoms with Gasteiger partial charge in [-0.1, -0.05) is 12.1 Å². The van der Waals surface area contributed by atoms with Gasteiger partial charge in [-0.2, -0.15) is 4.31 Å². The number of carboxylic acid groups (broad SMARTS) is 1. The number of carbonyl (C=O) groups excluding carboxylic acids is 1. The molecule has 0 radical (unpaired) electrons. The van der Waals surface area contributed by atoms with Crippen molar-refractivity contribution in [3.8, 4) is 0 Å². The molecule has 0 bridgehead atoms. The molecule has 1 fully saturated rings. The molecule has 2 atom stereocenters. The van der Waals surface area contributed by atoms with Gasteiger partial charge >= 0.3 is 0 Å². The second kappa shape index (κ2) is 5.51. The molecule has 0 unspecified atom stereocenters. The summed E-state index contributed by atoms with van der Waals surface area (Å²) in [5.74, 6) is -1.40. The lowest BCUT2D eigenvalue weighted by atomic mass is 10.2. The molecule has 6 nitrogen and oxygen atoms in total. The Bertz CT molecular complexity index is 603. The molecule has 0 aliphatic carbocycles. The number of carbonyl (C=O) groups is 1. The van der Waals surface area contributed by atoms with Crippen LogP contribution in [0, 0.1) is 0 Å². The summed E-state index contributed by atoms with van der Waals surface area (Å²) in [7, 11) is -3.72. The van der Waals surface area contributed by atoms with Crippen LogP contribution in [0.2, 0.25) is 0 Å². The highest BCUT2D eigenvalue weighted by Gasteiger charge is 2.32. The molecule has 1 aliphatic rings. The Balaban J connectivity index is 2.34. The molecule has 7 heteroatoms. The first-order valence-electron chi connectivity index (χ1n) is 6.27. The van der Waals surface area contributed by atoms with E-state index in [1.165, 1.54) is 22.5 Å². The quantitative estimate of drug-likeness (QED) is 0.774. The van der Waals surface area contributed by atoms with Crippen LogP contribution < -0.4 is 5.11 Å². The molecule has 0 spiro atoms. The zero-order chi connectivity index (χ0) is 14.9. The van der Waals surface area contributed by atoms with E-state index in [1.54, 1.807) is 13.8 Å². The van der Waals surface area contributed by atoms with Crippen LogP contribution in [0.25, 0.3) is 0 Å². The van der Waals surface area contributed by atoms with Crippen LogP contribution in [0.5, 0.6) is 0 Å². The fourth-order valence-electron chi connectivity index (χ4n) is 2.26. The highest BCUT2D eigenvalue weighted by molar-refractivity contribution is 7.89. The number of nitrogens with zero attached hydrogens (tertiary/aromatic N) is 1. The molecule has 2 rings (SSSR count). The SMILES string of the molecule is C[C@@H]1CN(S(=O)(=O)c2cccc(C(=O)[O-])c2)C[C@H](C)O1. The van der Waals surface area contributed by atoms with E-state index in [0.717, 1.165) is 6.07 Å². The maximum Gasteiger partial charge on any atom is 0.243 e. The second-order valence-electron chi connectivity index (χ2n) is 4.89. The fourth-order valence-corrected chi connectivity index (χ4v) is 3.90. The maximum atomic E-state index is 12.5. The van der Waals surface area contributed by atoms with Gasteiger partial charge < -0.3 is 14.6 Å². The molecule has 0 amide bonds. The summed E-state index contributed by atoms with van der Waals surface area (Å²) in [4.78, 5) is 10.8. The first-order chi connectivity index (χ1) is 9.30. The minimum Gasteiger partial charge on any atom is -0.545 e. The largest absolute Gasteiger partial charge is 0.545 e. The van der Waals surface area contributed by atoms with Crippen molar-refractivity contribution < 1.29 is 23.1 Å². The fraction of sp³-hybridized carbons (Fsp3) is 0.462. The normalized spacial score (nSPS) is 24.5. The van der Waals surface area contributed by atoms with Crippen LogP contribution in [-0.2, 0) is 14.8 Å². The van der Waals surface area contributed by atoms with Crippen LogP contribution in [-0.4, -0.2) is 44.0 Å². The van der Waals surface area contributed by atoms with Gasteiger partial charge in [-0.15, -0.1) is 0 Å². The highest BCUT2D eigenvalue weighted by atomic mass is 32.2. The number of sulfonamides is 1. The van der Waals surface area contributed by atoms with Crippen molar-refractivity contribution in [2.75, 3.05) is 13.1 Å². The van der Waals surface area contributed by atoms with E-state index in [1.807, 2.05) is 0 Å². The van der Waals surface area contributed by atoms with E-state index in [-0.39, 0.29) is 35.8 Å². The lowest BCUT2D eigenvalue weighted by Gasteiger charge is -2.34. The van der Waals surface area contributed by atoms with Crippen LogP contribution in [0.3, 0.4) is 0 Å². The van der Waals surface area contributed by atoms with Crippen LogP contribution in [0.15, 0.2) is 29.2 Å². The molecule has 1 saturated heterocycles. The molecule has 0 N–H and O–H groups in total. The van der Waals surface area contributed by atoms with Gasteiger partial charge in [-0.05, 0) is 31.5 Å². The Morgan fingerprint density at radius 1 is 1.30 bits per heavy atom. The van der Waals surface area contributed by atoms with Crippen LogP contribution >= 0.6 is 0 Å². The summed E-state index contributed by atoms with van der Waals surface area (Å²) >= 11 is 0. The number of hydrogen-bond donors (Lipinski definition) is 0. The van der Waals surface area contributed by atoms with E-state index in [4.69, 9.17) is 4.74 Å². The number of benzene rings is 1. The monoisotopic (exact) mass is 298 g/mol. The third-order valence-electron chi connectivity index (χ3n) is 3.09. The lowest BCUT2D eigenvalue weighted by Crippen LogP contribution is -2.48. The van der Waals surface area contributed by atoms with Gasteiger partial charge in [0, 0.05) is 13.1 Å².